The van der Waals surface area contributed by atoms with Crippen molar-refractivity contribution in [1.82, 2.24) is 9.71 Å². The first-order chi connectivity index (χ1) is 14.2. The summed E-state index contributed by atoms with van der Waals surface area (Å²) in [6.45, 7) is 8.77. The van der Waals surface area contributed by atoms with Crippen LogP contribution in [-0.4, -0.2) is 27.4 Å². The molecule has 0 spiro atoms. The molecule has 1 unspecified atom stereocenters. The maximum absolute atomic E-state index is 13.7. The van der Waals surface area contributed by atoms with E-state index in [0.29, 0.717) is 11.1 Å². The highest BCUT2D eigenvalue weighted by atomic mass is 32.2. The summed E-state index contributed by atoms with van der Waals surface area (Å²) in [6.07, 6.45) is -5.01. The minimum Gasteiger partial charge on any atom is -0.598 e. The molecule has 5 nitrogen and oxygen atoms in total. The zero-order valence-corrected chi connectivity index (χ0v) is 19.2. The zero-order chi connectivity index (χ0) is 23.6. The second-order valence-corrected chi connectivity index (χ2v) is 10.3. The minimum absolute atomic E-state index is 0.0320. The van der Waals surface area contributed by atoms with Gasteiger partial charge in [0.05, 0.1) is 19.2 Å². The first-order valence-corrected chi connectivity index (χ1v) is 10.8. The molecule has 0 bridgehead atoms. The number of hydrogen-bond acceptors (Lipinski definition) is 5. The first-order valence-electron chi connectivity index (χ1n) is 9.64. The van der Waals surface area contributed by atoms with Gasteiger partial charge in [-0.25, -0.2) is 4.98 Å². The number of aryl methyl sites for hydroxylation is 2. The largest absolute Gasteiger partial charge is 0.598 e. The van der Waals surface area contributed by atoms with Crippen molar-refractivity contribution in [3.63, 3.8) is 0 Å². The lowest BCUT2D eigenvalue weighted by Crippen LogP contribution is -2.42. The van der Waals surface area contributed by atoms with E-state index in [1.54, 1.807) is 20.8 Å². The summed E-state index contributed by atoms with van der Waals surface area (Å²) in [5, 5.41) is 0. The van der Waals surface area contributed by atoms with E-state index in [1.165, 1.54) is 13.2 Å². The summed E-state index contributed by atoms with van der Waals surface area (Å²) in [5.41, 5.74) is 1.48. The number of nitrogens with one attached hydrogen (secondary N) is 1. The van der Waals surface area contributed by atoms with Crippen LogP contribution in [0.5, 0.6) is 0 Å². The summed E-state index contributed by atoms with van der Waals surface area (Å²) in [4.78, 5) is 15.7. The average Bonchev–Trinajstić information content (AvgIpc) is 2.65. The standard InChI is InChI=1S/C22H27F3N2O3S/c1-13-8-7-9-14(2)20(13)15-10-16(26-18(11-15)22(23,24)25)17(12-19(28)30-6)27-31(29)21(3,4)5/h7-11,17,27H,12H2,1-6H3/t17-,31?/m1/s1. The van der Waals surface area contributed by atoms with Gasteiger partial charge < -0.3 is 9.29 Å². The molecule has 0 saturated heterocycles. The fraction of sp³-hybridized carbons (Fsp3) is 0.455. The van der Waals surface area contributed by atoms with Crippen LogP contribution in [0, 0.1) is 13.8 Å². The van der Waals surface area contributed by atoms with E-state index in [-0.39, 0.29) is 12.1 Å². The van der Waals surface area contributed by atoms with Crippen molar-refractivity contribution in [3.8, 4) is 11.1 Å². The maximum Gasteiger partial charge on any atom is 0.433 e. The van der Waals surface area contributed by atoms with Gasteiger partial charge in [0.15, 0.2) is 0 Å². The van der Waals surface area contributed by atoms with Crippen LogP contribution in [0.3, 0.4) is 0 Å². The van der Waals surface area contributed by atoms with Crippen molar-refractivity contribution in [2.75, 3.05) is 7.11 Å². The van der Waals surface area contributed by atoms with E-state index < -0.39 is 40.0 Å². The molecule has 1 N–H and O–H groups in total. The Labute approximate surface area is 183 Å². The molecule has 31 heavy (non-hydrogen) atoms. The van der Waals surface area contributed by atoms with Gasteiger partial charge >= 0.3 is 12.1 Å². The quantitative estimate of drug-likeness (QED) is 0.487. The number of alkyl halides is 3. The third kappa shape index (κ3) is 6.44. The molecule has 2 rings (SSSR count). The Morgan fingerprint density at radius 2 is 1.77 bits per heavy atom. The van der Waals surface area contributed by atoms with Crippen LogP contribution in [0.4, 0.5) is 13.2 Å². The molecular weight excluding hydrogens is 429 g/mol. The highest BCUT2D eigenvalue weighted by Crippen LogP contribution is 2.36. The Hall–Kier alpha value is -2.10. The Morgan fingerprint density at radius 3 is 2.26 bits per heavy atom. The summed E-state index contributed by atoms with van der Waals surface area (Å²) < 4.78 is 60.4. The van der Waals surface area contributed by atoms with Crippen LogP contribution >= 0.6 is 0 Å². The van der Waals surface area contributed by atoms with Gasteiger partial charge in [0.1, 0.15) is 16.5 Å². The summed E-state index contributed by atoms with van der Waals surface area (Å²) in [7, 11) is 1.18. The lowest BCUT2D eigenvalue weighted by atomic mass is 9.94. The first kappa shape index (κ1) is 25.2. The second-order valence-electron chi connectivity index (χ2n) is 8.26. The SMILES string of the molecule is COC(=O)C[C@@H](N[S+]([O-])C(C)(C)C)c1cc(-c2c(C)cccc2C)cc(C(F)(F)F)n1. The number of nitrogens with zero attached hydrogens (tertiary/aromatic N) is 1. The topological polar surface area (TPSA) is 74.3 Å². The molecule has 170 valence electrons. The van der Waals surface area contributed by atoms with Gasteiger partial charge in [-0.2, -0.15) is 13.2 Å². The molecule has 2 atom stereocenters. The number of esters is 1. The highest BCUT2D eigenvalue weighted by molar-refractivity contribution is 7.90. The van der Waals surface area contributed by atoms with Gasteiger partial charge in [0, 0.05) is 11.4 Å². The Balaban J connectivity index is 2.68. The summed E-state index contributed by atoms with van der Waals surface area (Å²) in [5.74, 6) is -0.656. The van der Waals surface area contributed by atoms with Gasteiger partial charge in [-0.15, -0.1) is 4.72 Å². The predicted octanol–water partition coefficient (Wildman–Crippen LogP) is 5.04. The minimum atomic E-state index is -4.69. The van der Waals surface area contributed by atoms with Crippen LogP contribution in [0.1, 0.15) is 55.7 Å². The third-order valence-corrected chi connectivity index (χ3v) is 6.28. The fourth-order valence-corrected chi connectivity index (χ4v) is 3.87. The van der Waals surface area contributed by atoms with Gasteiger partial charge in [0.2, 0.25) is 0 Å². The molecule has 0 fully saturated rings. The lowest BCUT2D eigenvalue weighted by Gasteiger charge is -2.28. The number of carbonyl (C=O) groups is 1. The summed E-state index contributed by atoms with van der Waals surface area (Å²) in [6, 6.07) is 6.93. The zero-order valence-electron chi connectivity index (χ0n) is 18.4. The number of carbonyl (C=O) groups excluding carboxylic acids is 1. The molecule has 0 aliphatic heterocycles. The van der Waals surface area contributed by atoms with Gasteiger partial charge in [-0.1, -0.05) is 18.2 Å². The van der Waals surface area contributed by atoms with Crippen LogP contribution < -0.4 is 4.72 Å². The van der Waals surface area contributed by atoms with Crippen LogP contribution in [0.15, 0.2) is 30.3 Å². The number of ether oxygens (including phenoxy) is 1. The average molecular weight is 457 g/mol. The van der Waals surface area contributed by atoms with Gasteiger partial charge in [-0.3, -0.25) is 4.79 Å². The monoisotopic (exact) mass is 456 g/mol. The van der Waals surface area contributed by atoms with E-state index >= 15 is 0 Å². The van der Waals surface area contributed by atoms with E-state index in [4.69, 9.17) is 4.74 Å². The lowest BCUT2D eigenvalue weighted by molar-refractivity contribution is -0.141. The molecule has 0 radical (unpaired) electrons. The normalized spacial score (nSPS) is 14.3. The van der Waals surface area contributed by atoms with E-state index in [0.717, 1.165) is 17.2 Å². The van der Waals surface area contributed by atoms with Crippen molar-refractivity contribution >= 4 is 17.3 Å². The number of aromatic nitrogens is 1. The molecule has 1 heterocycles. The van der Waals surface area contributed by atoms with E-state index in [2.05, 4.69) is 9.71 Å². The van der Waals surface area contributed by atoms with Crippen molar-refractivity contribution < 1.29 is 27.3 Å². The number of pyridine rings is 1. The highest BCUT2D eigenvalue weighted by Gasteiger charge is 2.36. The Bertz CT molecular complexity index is 922. The van der Waals surface area contributed by atoms with Crippen molar-refractivity contribution in [2.45, 2.75) is 58.0 Å². The number of rotatable bonds is 6. The number of methoxy groups -OCH3 is 1. The van der Waals surface area contributed by atoms with Crippen LogP contribution in [0.2, 0.25) is 0 Å². The summed E-state index contributed by atoms with van der Waals surface area (Å²) >= 11 is -1.65. The molecule has 2 aromatic rings. The molecular formula is C22H27F3N2O3S. The Kier molecular flexibility index (Phi) is 7.78. The molecule has 0 aliphatic rings. The van der Waals surface area contributed by atoms with Gasteiger partial charge in [0.25, 0.3) is 0 Å². The predicted molar refractivity (Wildman–Crippen MR) is 115 cm³/mol. The van der Waals surface area contributed by atoms with E-state index in [9.17, 15) is 22.5 Å². The molecule has 0 amide bonds. The van der Waals surface area contributed by atoms with Crippen molar-refractivity contribution in [1.29, 1.82) is 0 Å². The fourth-order valence-electron chi connectivity index (χ4n) is 3.05. The molecule has 0 saturated carbocycles. The number of halogens is 3. The smallest absolute Gasteiger partial charge is 0.433 e. The maximum atomic E-state index is 13.7. The Morgan fingerprint density at radius 1 is 1.19 bits per heavy atom. The molecule has 1 aromatic carbocycles. The van der Waals surface area contributed by atoms with Crippen molar-refractivity contribution in [3.05, 3.63) is 52.8 Å². The molecule has 1 aromatic heterocycles. The van der Waals surface area contributed by atoms with Crippen LogP contribution in [-0.2, 0) is 27.1 Å². The third-order valence-electron chi connectivity index (χ3n) is 4.67. The number of benzene rings is 1. The molecule has 9 heteroatoms. The van der Waals surface area contributed by atoms with Crippen LogP contribution in [0.25, 0.3) is 11.1 Å². The second kappa shape index (κ2) is 9.58. The van der Waals surface area contributed by atoms with Gasteiger partial charge in [-0.05, 0) is 69.0 Å². The van der Waals surface area contributed by atoms with Crippen molar-refractivity contribution in [2.24, 2.45) is 0 Å². The molecule has 0 aliphatic carbocycles. The number of hydrogen-bond donors (Lipinski definition) is 1. The van der Waals surface area contributed by atoms with E-state index in [1.807, 2.05) is 32.0 Å².